The van der Waals surface area contributed by atoms with E-state index in [4.69, 9.17) is 0 Å². The molecular weight excluding hydrogens is 247 g/mol. The Kier molecular flexibility index (Phi) is 3.75. The largest absolute Gasteiger partial charge is 0.367 e. The zero-order valence-electron chi connectivity index (χ0n) is 10.5. The number of halogens is 1. The number of hydrogen-bond donors (Lipinski definition) is 0. The number of rotatable bonds is 2. The number of para-hydroxylation sites is 1. The van der Waals surface area contributed by atoms with Gasteiger partial charge in [-0.1, -0.05) is 12.1 Å². The van der Waals surface area contributed by atoms with Crippen molar-refractivity contribution in [3.05, 3.63) is 30.1 Å². The van der Waals surface area contributed by atoms with Gasteiger partial charge in [-0.2, -0.15) is 11.8 Å². The lowest BCUT2D eigenvalue weighted by molar-refractivity contribution is 0.200. The van der Waals surface area contributed by atoms with E-state index in [9.17, 15) is 4.39 Å². The molecule has 18 heavy (non-hydrogen) atoms. The number of piperazine rings is 1. The lowest BCUT2D eigenvalue weighted by Gasteiger charge is -2.39. The van der Waals surface area contributed by atoms with Gasteiger partial charge in [0.2, 0.25) is 0 Å². The second-order valence-electron chi connectivity index (χ2n) is 4.99. The van der Waals surface area contributed by atoms with Gasteiger partial charge in [-0.25, -0.2) is 4.39 Å². The smallest absolute Gasteiger partial charge is 0.146 e. The van der Waals surface area contributed by atoms with E-state index >= 15 is 0 Å². The summed E-state index contributed by atoms with van der Waals surface area (Å²) >= 11 is 2.06. The van der Waals surface area contributed by atoms with Crippen LogP contribution in [0.3, 0.4) is 0 Å². The average molecular weight is 266 g/mol. The Labute approximate surface area is 112 Å². The summed E-state index contributed by atoms with van der Waals surface area (Å²) in [4.78, 5) is 4.76. The zero-order valence-corrected chi connectivity index (χ0v) is 11.3. The molecule has 3 rings (SSSR count). The Morgan fingerprint density at radius 2 is 1.89 bits per heavy atom. The molecule has 0 radical (unpaired) electrons. The number of hydrogen-bond acceptors (Lipinski definition) is 3. The van der Waals surface area contributed by atoms with Crippen molar-refractivity contribution >= 4 is 17.4 Å². The Morgan fingerprint density at radius 3 is 2.56 bits per heavy atom. The van der Waals surface area contributed by atoms with Crippen molar-refractivity contribution in [2.45, 2.75) is 12.5 Å². The maximum Gasteiger partial charge on any atom is 0.146 e. The van der Waals surface area contributed by atoms with E-state index in [1.165, 1.54) is 17.9 Å². The Hall–Kier alpha value is -0.740. The van der Waals surface area contributed by atoms with E-state index in [1.807, 2.05) is 12.1 Å². The summed E-state index contributed by atoms with van der Waals surface area (Å²) in [5, 5.41) is 0. The van der Waals surface area contributed by atoms with Crippen LogP contribution < -0.4 is 4.90 Å². The van der Waals surface area contributed by atoms with Gasteiger partial charge in [-0.15, -0.1) is 0 Å². The van der Waals surface area contributed by atoms with Gasteiger partial charge < -0.3 is 4.90 Å². The van der Waals surface area contributed by atoms with Crippen molar-refractivity contribution in [2.24, 2.45) is 0 Å². The number of anilines is 1. The number of thioether (sulfide) groups is 1. The first kappa shape index (κ1) is 12.3. The fraction of sp³-hybridized carbons (Fsp3) is 0.571. The van der Waals surface area contributed by atoms with Crippen LogP contribution in [0.2, 0.25) is 0 Å². The third-order valence-corrected chi connectivity index (χ3v) is 5.07. The van der Waals surface area contributed by atoms with Crippen LogP contribution >= 0.6 is 11.8 Å². The van der Waals surface area contributed by atoms with Gasteiger partial charge in [0.25, 0.3) is 0 Å². The van der Waals surface area contributed by atoms with Crippen LogP contribution in [-0.4, -0.2) is 48.6 Å². The van der Waals surface area contributed by atoms with Crippen LogP contribution in [0, 0.1) is 5.82 Å². The second-order valence-corrected chi connectivity index (χ2v) is 6.14. The normalized spacial score (nSPS) is 25.6. The summed E-state index contributed by atoms with van der Waals surface area (Å²) in [6, 6.07) is 7.87. The highest BCUT2D eigenvalue weighted by atomic mass is 32.2. The van der Waals surface area contributed by atoms with Crippen LogP contribution in [0.1, 0.15) is 6.42 Å². The molecule has 0 aromatic heterocycles. The van der Waals surface area contributed by atoms with Crippen LogP contribution in [0.4, 0.5) is 10.1 Å². The summed E-state index contributed by atoms with van der Waals surface area (Å²) in [6.45, 7) is 4.03. The molecule has 2 fully saturated rings. The van der Waals surface area contributed by atoms with Gasteiger partial charge in [0, 0.05) is 38.0 Å². The predicted octanol–water partition coefficient (Wildman–Crippen LogP) is 2.45. The Balaban J connectivity index is 1.61. The first-order valence-corrected chi connectivity index (χ1v) is 7.81. The van der Waals surface area contributed by atoms with Gasteiger partial charge in [0.1, 0.15) is 5.82 Å². The first-order chi connectivity index (χ1) is 8.84. The number of benzene rings is 1. The maximum atomic E-state index is 13.7. The molecule has 2 aliphatic heterocycles. The summed E-state index contributed by atoms with van der Waals surface area (Å²) in [6.07, 6.45) is 1.32. The molecular formula is C14H19FN2S. The van der Waals surface area contributed by atoms with Gasteiger partial charge >= 0.3 is 0 Å². The zero-order chi connectivity index (χ0) is 12.4. The molecule has 1 aromatic carbocycles. The summed E-state index contributed by atoms with van der Waals surface area (Å²) in [5.41, 5.74) is 0.762. The Morgan fingerprint density at radius 1 is 1.11 bits per heavy atom. The van der Waals surface area contributed by atoms with E-state index in [-0.39, 0.29) is 5.82 Å². The van der Waals surface area contributed by atoms with Crippen molar-refractivity contribution in [3.8, 4) is 0 Å². The highest BCUT2D eigenvalue weighted by molar-refractivity contribution is 7.99. The molecule has 2 heterocycles. The molecule has 0 bridgehead atoms. The average Bonchev–Trinajstić information content (AvgIpc) is 2.94. The third-order valence-electron chi connectivity index (χ3n) is 3.93. The molecule has 2 aliphatic rings. The fourth-order valence-electron chi connectivity index (χ4n) is 2.85. The molecule has 4 heteroatoms. The lowest BCUT2D eigenvalue weighted by Crippen LogP contribution is -2.50. The van der Waals surface area contributed by atoms with E-state index in [2.05, 4.69) is 21.6 Å². The molecule has 1 aromatic rings. The molecule has 0 unspecified atom stereocenters. The van der Waals surface area contributed by atoms with Gasteiger partial charge in [0.05, 0.1) is 5.69 Å². The van der Waals surface area contributed by atoms with E-state index in [1.54, 1.807) is 12.1 Å². The predicted molar refractivity (Wildman–Crippen MR) is 75.9 cm³/mol. The summed E-state index contributed by atoms with van der Waals surface area (Å²) < 4.78 is 13.7. The standard InChI is InChI=1S/C14H19FN2S/c15-13-3-1-2-4-14(13)17-8-6-16(7-9-17)12-5-10-18-11-12/h1-4,12H,5-11H2/t12-/m1/s1. The van der Waals surface area contributed by atoms with Crippen LogP contribution in [0.15, 0.2) is 24.3 Å². The molecule has 0 N–H and O–H groups in total. The highest BCUT2D eigenvalue weighted by Gasteiger charge is 2.27. The molecule has 0 aliphatic carbocycles. The molecule has 2 saturated heterocycles. The highest BCUT2D eigenvalue weighted by Crippen LogP contribution is 2.25. The lowest BCUT2D eigenvalue weighted by atomic mass is 10.1. The summed E-state index contributed by atoms with van der Waals surface area (Å²) in [7, 11) is 0. The quantitative estimate of drug-likeness (QED) is 0.812. The monoisotopic (exact) mass is 266 g/mol. The van der Waals surface area contributed by atoms with Gasteiger partial charge in [-0.3, -0.25) is 4.90 Å². The van der Waals surface area contributed by atoms with Crippen molar-refractivity contribution in [2.75, 3.05) is 42.6 Å². The SMILES string of the molecule is Fc1ccccc1N1CCN([C@@H]2CCSC2)CC1. The second kappa shape index (κ2) is 5.49. The molecule has 0 amide bonds. The minimum atomic E-state index is -0.0950. The van der Waals surface area contributed by atoms with Gasteiger partial charge in [-0.05, 0) is 24.3 Å². The molecule has 0 saturated carbocycles. The van der Waals surface area contributed by atoms with Crippen molar-refractivity contribution in [1.82, 2.24) is 4.90 Å². The maximum absolute atomic E-state index is 13.7. The van der Waals surface area contributed by atoms with Crippen molar-refractivity contribution < 1.29 is 4.39 Å². The fourth-order valence-corrected chi connectivity index (χ4v) is 4.10. The van der Waals surface area contributed by atoms with E-state index in [0.29, 0.717) is 0 Å². The first-order valence-electron chi connectivity index (χ1n) is 6.66. The van der Waals surface area contributed by atoms with E-state index in [0.717, 1.165) is 37.9 Å². The molecule has 2 nitrogen and oxygen atoms in total. The minimum absolute atomic E-state index is 0.0950. The third kappa shape index (κ3) is 2.50. The van der Waals surface area contributed by atoms with Crippen LogP contribution in [0.25, 0.3) is 0 Å². The minimum Gasteiger partial charge on any atom is -0.367 e. The number of nitrogens with zero attached hydrogens (tertiary/aromatic N) is 2. The van der Waals surface area contributed by atoms with Crippen molar-refractivity contribution in [1.29, 1.82) is 0 Å². The Bertz CT molecular complexity index is 399. The molecule has 98 valence electrons. The summed E-state index contributed by atoms with van der Waals surface area (Å²) in [5.74, 6) is 2.49. The molecule has 0 spiro atoms. The van der Waals surface area contributed by atoms with E-state index < -0.39 is 0 Å². The molecule has 1 atom stereocenters. The van der Waals surface area contributed by atoms with Crippen LogP contribution in [-0.2, 0) is 0 Å². The van der Waals surface area contributed by atoms with Crippen LogP contribution in [0.5, 0.6) is 0 Å². The van der Waals surface area contributed by atoms with Gasteiger partial charge in [0.15, 0.2) is 0 Å². The van der Waals surface area contributed by atoms with Crippen molar-refractivity contribution in [3.63, 3.8) is 0 Å². The topological polar surface area (TPSA) is 6.48 Å².